The second kappa shape index (κ2) is 7.54. The van der Waals surface area contributed by atoms with Crippen molar-refractivity contribution in [2.75, 3.05) is 0 Å². The molecule has 0 saturated heterocycles. The Labute approximate surface area is 139 Å². The van der Waals surface area contributed by atoms with Crippen LogP contribution in [0.25, 0.3) is 0 Å². The number of amides is 2. The molecule has 0 radical (unpaired) electrons. The van der Waals surface area contributed by atoms with Gasteiger partial charge in [0.2, 0.25) is 0 Å². The van der Waals surface area contributed by atoms with Crippen LogP contribution in [0.5, 0.6) is 0 Å². The lowest BCUT2D eigenvalue weighted by Gasteiger charge is -2.10. The third kappa shape index (κ3) is 4.07. The first-order chi connectivity index (χ1) is 11.4. The molecule has 0 aliphatic rings. The van der Waals surface area contributed by atoms with Crippen LogP contribution < -0.4 is 16.4 Å². The van der Waals surface area contributed by atoms with E-state index in [1.54, 1.807) is 6.07 Å². The Morgan fingerprint density at radius 3 is 2.46 bits per heavy atom. The van der Waals surface area contributed by atoms with E-state index in [0.29, 0.717) is 12.1 Å². The van der Waals surface area contributed by atoms with Gasteiger partial charge in [-0.25, -0.2) is 4.68 Å². The maximum absolute atomic E-state index is 12.1. The summed E-state index contributed by atoms with van der Waals surface area (Å²) in [6.07, 6.45) is 0.724. The van der Waals surface area contributed by atoms with Crippen molar-refractivity contribution in [3.8, 4) is 0 Å². The highest BCUT2D eigenvalue weighted by Crippen LogP contribution is 2.09. The van der Waals surface area contributed by atoms with Crippen molar-refractivity contribution in [2.24, 2.45) is 0 Å². The number of aromatic nitrogens is 2. The fraction of sp³-hybridized carbons (Fsp3) is 0.294. The van der Waals surface area contributed by atoms with Crippen LogP contribution in [-0.4, -0.2) is 21.6 Å². The second-order valence-electron chi connectivity index (χ2n) is 5.51. The van der Waals surface area contributed by atoms with Gasteiger partial charge in [-0.3, -0.25) is 25.2 Å². The smallest absolute Gasteiger partial charge is 0.268 e. The summed E-state index contributed by atoms with van der Waals surface area (Å²) in [5.74, 6) is -0.999. The minimum Gasteiger partial charge on any atom is -0.268 e. The summed E-state index contributed by atoms with van der Waals surface area (Å²) in [5, 5.41) is 3.98. The fourth-order valence-electron chi connectivity index (χ4n) is 2.26. The van der Waals surface area contributed by atoms with Crippen molar-refractivity contribution in [3.63, 3.8) is 0 Å². The number of carbonyl (C=O) groups excluding carboxylic acids is 2. The standard InChI is InChI=1S/C17H20N4O3/c1-4-9-21-15(22)8-7-14(20-21)17(24)19-18-16(23)13-6-5-11(2)10-12(13)3/h5-8,10H,4,9H2,1-3H3,(H,18,23)(H,19,24). The number of benzene rings is 1. The third-order valence-corrected chi connectivity index (χ3v) is 3.45. The van der Waals surface area contributed by atoms with Crippen molar-refractivity contribution in [3.05, 3.63) is 63.1 Å². The van der Waals surface area contributed by atoms with Gasteiger partial charge in [0.05, 0.1) is 0 Å². The zero-order chi connectivity index (χ0) is 17.7. The summed E-state index contributed by atoms with van der Waals surface area (Å²) in [5.41, 5.74) is 6.80. The first-order valence-corrected chi connectivity index (χ1v) is 7.68. The van der Waals surface area contributed by atoms with E-state index in [-0.39, 0.29) is 11.3 Å². The minimum absolute atomic E-state index is 0.0592. The van der Waals surface area contributed by atoms with Gasteiger partial charge < -0.3 is 0 Å². The van der Waals surface area contributed by atoms with E-state index in [0.717, 1.165) is 17.5 Å². The van der Waals surface area contributed by atoms with Crippen molar-refractivity contribution in [1.29, 1.82) is 0 Å². The lowest BCUT2D eigenvalue weighted by Crippen LogP contribution is -2.42. The van der Waals surface area contributed by atoms with Gasteiger partial charge in [-0.15, -0.1) is 0 Å². The van der Waals surface area contributed by atoms with Crippen LogP contribution in [0.15, 0.2) is 35.1 Å². The van der Waals surface area contributed by atoms with Crippen LogP contribution in [0.1, 0.15) is 45.3 Å². The van der Waals surface area contributed by atoms with E-state index in [9.17, 15) is 14.4 Å². The van der Waals surface area contributed by atoms with Crippen molar-refractivity contribution >= 4 is 11.8 Å². The number of rotatable bonds is 4. The Balaban J connectivity index is 2.06. The first kappa shape index (κ1) is 17.4. The maximum atomic E-state index is 12.1. The summed E-state index contributed by atoms with van der Waals surface area (Å²) in [6, 6.07) is 8.02. The SMILES string of the molecule is CCCn1nc(C(=O)NNC(=O)c2ccc(C)cc2C)ccc1=O. The molecule has 1 heterocycles. The van der Waals surface area contributed by atoms with E-state index < -0.39 is 11.8 Å². The molecule has 0 bridgehead atoms. The number of hydrogen-bond donors (Lipinski definition) is 2. The maximum Gasteiger partial charge on any atom is 0.290 e. The summed E-state index contributed by atoms with van der Waals surface area (Å²) >= 11 is 0. The highest BCUT2D eigenvalue weighted by atomic mass is 16.2. The zero-order valence-corrected chi connectivity index (χ0v) is 13.9. The molecule has 2 aromatic rings. The van der Waals surface area contributed by atoms with E-state index in [1.165, 1.54) is 16.8 Å². The zero-order valence-electron chi connectivity index (χ0n) is 13.9. The Morgan fingerprint density at radius 2 is 1.79 bits per heavy atom. The molecule has 0 aliphatic heterocycles. The third-order valence-electron chi connectivity index (χ3n) is 3.45. The van der Waals surface area contributed by atoms with Crippen molar-refractivity contribution in [1.82, 2.24) is 20.6 Å². The molecule has 0 spiro atoms. The molecule has 0 atom stereocenters. The topological polar surface area (TPSA) is 93.1 Å². The summed E-state index contributed by atoms with van der Waals surface area (Å²) in [7, 11) is 0. The second-order valence-corrected chi connectivity index (χ2v) is 5.51. The average Bonchev–Trinajstić information content (AvgIpc) is 2.54. The van der Waals surface area contributed by atoms with E-state index in [1.807, 2.05) is 32.9 Å². The highest BCUT2D eigenvalue weighted by molar-refractivity contribution is 5.99. The predicted molar refractivity (Wildman–Crippen MR) is 89.6 cm³/mol. The number of aryl methyl sites for hydroxylation is 3. The van der Waals surface area contributed by atoms with Crippen LogP contribution in [0.2, 0.25) is 0 Å². The molecule has 1 aromatic heterocycles. The molecule has 0 fully saturated rings. The highest BCUT2D eigenvalue weighted by Gasteiger charge is 2.13. The molecular weight excluding hydrogens is 308 g/mol. The first-order valence-electron chi connectivity index (χ1n) is 7.68. The Morgan fingerprint density at radius 1 is 1.08 bits per heavy atom. The van der Waals surface area contributed by atoms with Gasteiger partial charge in [0, 0.05) is 18.2 Å². The quantitative estimate of drug-likeness (QED) is 0.829. The van der Waals surface area contributed by atoms with Crippen LogP contribution >= 0.6 is 0 Å². The Bertz CT molecular complexity index is 827. The molecule has 2 rings (SSSR count). The van der Waals surface area contributed by atoms with Crippen LogP contribution in [0.3, 0.4) is 0 Å². The lowest BCUT2D eigenvalue weighted by molar-refractivity contribution is 0.0842. The van der Waals surface area contributed by atoms with Gasteiger partial charge in [0.1, 0.15) is 0 Å². The number of nitrogens with one attached hydrogen (secondary N) is 2. The monoisotopic (exact) mass is 328 g/mol. The van der Waals surface area contributed by atoms with Crippen molar-refractivity contribution < 1.29 is 9.59 Å². The molecule has 0 saturated carbocycles. The van der Waals surface area contributed by atoms with Gasteiger partial charge in [-0.1, -0.05) is 24.6 Å². The van der Waals surface area contributed by atoms with Crippen LogP contribution in [0, 0.1) is 13.8 Å². The predicted octanol–water partition coefficient (Wildman–Crippen LogP) is 1.34. The molecule has 2 amide bonds. The lowest BCUT2D eigenvalue weighted by atomic mass is 10.1. The number of nitrogens with zero attached hydrogens (tertiary/aromatic N) is 2. The summed E-state index contributed by atoms with van der Waals surface area (Å²) < 4.78 is 1.22. The molecule has 2 N–H and O–H groups in total. The van der Waals surface area contributed by atoms with Crippen LogP contribution in [-0.2, 0) is 6.54 Å². The molecule has 7 heteroatoms. The minimum atomic E-state index is -0.585. The molecule has 126 valence electrons. The molecule has 7 nitrogen and oxygen atoms in total. The molecule has 0 aliphatic carbocycles. The molecular formula is C17H20N4O3. The van der Waals surface area contributed by atoms with Gasteiger partial charge in [-0.05, 0) is 38.0 Å². The molecule has 0 unspecified atom stereocenters. The van der Waals surface area contributed by atoms with Gasteiger partial charge in [-0.2, -0.15) is 5.10 Å². The Kier molecular flexibility index (Phi) is 5.47. The number of carbonyl (C=O) groups is 2. The fourth-order valence-corrected chi connectivity index (χ4v) is 2.26. The van der Waals surface area contributed by atoms with Gasteiger partial charge in [0.15, 0.2) is 5.69 Å². The van der Waals surface area contributed by atoms with E-state index in [2.05, 4.69) is 16.0 Å². The number of hydrazine groups is 1. The summed E-state index contributed by atoms with van der Waals surface area (Å²) in [4.78, 5) is 35.8. The summed E-state index contributed by atoms with van der Waals surface area (Å²) in [6.45, 7) is 6.10. The normalized spacial score (nSPS) is 10.3. The Hall–Kier alpha value is -2.96. The van der Waals surface area contributed by atoms with E-state index in [4.69, 9.17) is 0 Å². The molecule has 1 aromatic carbocycles. The van der Waals surface area contributed by atoms with Gasteiger partial charge in [0.25, 0.3) is 17.4 Å². The van der Waals surface area contributed by atoms with Gasteiger partial charge >= 0.3 is 0 Å². The number of hydrogen-bond acceptors (Lipinski definition) is 4. The largest absolute Gasteiger partial charge is 0.290 e. The van der Waals surface area contributed by atoms with E-state index >= 15 is 0 Å². The molecule has 24 heavy (non-hydrogen) atoms. The average molecular weight is 328 g/mol. The van der Waals surface area contributed by atoms with Crippen molar-refractivity contribution in [2.45, 2.75) is 33.7 Å². The van der Waals surface area contributed by atoms with Crippen LogP contribution in [0.4, 0.5) is 0 Å².